The lowest BCUT2D eigenvalue weighted by atomic mass is 9.90. The van der Waals surface area contributed by atoms with Gasteiger partial charge in [0, 0.05) is 23.2 Å². The van der Waals surface area contributed by atoms with Crippen LogP contribution in [0.15, 0.2) is 12.3 Å². The molecule has 0 unspecified atom stereocenters. The Morgan fingerprint density at radius 1 is 1.44 bits per heavy atom. The SMILES string of the molecule is COc1ncc(C(=O)C2CCNCC2)cc1C.Cl. The van der Waals surface area contributed by atoms with E-state index in [2.05, 4.69) is 10.3 Å². The molecule has 0 saturated carbocycles. The number of hydrogen-bond donors (Lipinski definition) is 1. The number of pyridine rings is 1. The number of hydrogen-bond acceptors (Lipinski definition) is 4. The van der Waals surface area contributed by atoms with E-state index in [1.54, 1.807) is 13.3 Å². The molecule has 4 nitrogen and oxygen atoms in total. The van der Waals surface area contributed by atoms with Gasteiger partial charge in [-0.25, -0.2) is 4.98 Å². The van der Waals surface area contributed by atoms with E-state index in [1.807, 2.05) is 13.0 Å². The number of aryl methyl sites for hydroxylation is 1. The highest BCUT2D eigenvalue weighted by molar-refractivity contribution is 5.97. The van der Waals surface area contributed by atoms with Gasteiger partial charge in [-0.2, -0.15) is 0 Å². The van der Waals surface area contributed by atoms with Gasteiger partial charge in [0.25, 0.3) is 0 Å². The van der Waals surface area contributed by atoms with Crippen LogP contribution in [-0.4, -0.2) is 31.0 Å². The highest BCUT2D eigenvalue weighted by atomic mass is 35.5. The van der Waals surface area contributed by atoms with Crippen LogP contribution in [0.3, 0.4) is 0 Å². The molecule has 0 aliphatic carbocycles. The second-order valence-electron chi connectivity index (χ2n) is 4.44. The van der Waals surface area contributed by atoms with Crippen LogP contribution >= 0.6 is 12.4 Å². The minimum Gasteiger partial charge on any atom is -0.481 e. The van der Waals surface area contributed by atoms with Crippen LogP contribution < -0.4 is 10.1 Å². The summed E-state index contributed by atoms with van der Waals surface area (Å²) in [7, 11) is 1.59. The van der Waals surface area contributed by atoms with Gasteiger partial charge in [-0.3, -0.25) is 4.79 Å². The third-order valence-corrected chi connectivity index (χ3v) is 3.22. The van der Waals surface area contributed by atoms with E-state index in [1.165, 1.54) is 0 Å². The first-order valence-corrected chi connectivity index (χ1v) is 5.98. The number of nitrogens with zero attached hydrogens (tertiary/aromatic N) is 1. The van der Waals surface area contributed by atoms with Crippen molar-refractivity contribution in [1.82, 2.24) is 10.3 Å². The molecule has 1 aromatic rings. The van der Waals surface area contributed by atoms with E-state index < -0.39 is 0 Å². The fraction of sp³-hybridized carbons (Fsp3) is 0.538. The predicted molar refractivity (Wildman–Crippen MR) is 72.7 cm³/mol. The molecule has 0 amide bonds. The lowest BCUT2D eigenvalue weighted by molar-refractivity contribution is 0.0894. The molecule has 1 aromatic heterocycles. The number of ketones is 1. The molecule has 2 heterocycles. The van der Waals surface area contributed by atoms with Crippen molar-refractivity contribution in [3.8, 4) is 5.88 Å². The van der Waals surface area contributed by atoms with Crippen LogP contribution in [0.4, 0.5) is 0 Å². The molecule has 5 heteroatoms. The predicted octanol–water partition coefficient (Wildman–Crippen LogP) is 2.00. The Balaban J connectivity index is 0.00000162. The second kappa shape index (κ2) is 6.71. The van der Waals surface area contributed by atoms with Crippen LogP contribution in [-0.2, 0) is 0 Å². The molecule has 0 aromatic carbocycles. The summed E-state index contributed by atoms with van der Waals surface area (Å²) in [6.07, 6.45) is 3.46. The largest absolute Gasteiger partial charge is 0.481 e. The number of carbonyl (C=O) groups is 1. The zero-order valence-electron chi connectivity index (χ0n) is 10.7. The Morgan fingerprint density at radius 2 is 2.11 bits per heavy atom. The van der Waals surface area contributed by atoms with Crippen molar-refractivity contribution in [3.63, 3.8) is 0 Å². The molecule has 0 bridgehead atoms. The van der Waals surface area contributed by atoms with Gasteiger partial charge in [-0.1, -0.05) is 0 Å². The standard InChI is InChI=1S/C13H18N2O2.ClH/c1-9-7-11(8-15-13(9)17-2)12(16)10-3-5-14-6-4-10;/h7-8,10,14H,3-6H2,1-2H3;1H. The lowest BCUT2D eigenvalue weighted by Gasteiger charge is -2.21. The molecule has 2 rings (SSSR count). The number of piperidine rings is 1. The fourth-order valence-corrected chi connectivity index (χ4v) is 2.23. The summed E-state index contributed by atoms with van der Waals surface area (Å²) in [5, 5.41) is 3.26. The monoisotopic (exact) mass is 270 g/mol. The molecule has 1 aliphatic rings. The van der Waals surface area contributed by atoms with Crippen molar-refractivity contribution < 1.29 is 9.53 Å². The van der Waals surface area contributed by atoms with Gasteiger partial charge in [0.15, 0.2) is 5.78 Å². The summed E-state index contributed by atoms with van der Waals surface area (Å²) in [6, 6.07) is 1.87. The van der Waals surface area contributed by atoms with Gasteiger partial charge in [0.05, 0.1) is 7.11 Å². The number of rotatable bonds is 3. The molecule has 1 saturated heterocycles. The normalized spacial score (nSPS) is 15.9. The van der Waals surface area contributed by atoms with E-state index in [0.717, 1.165) is 31.5 Å². The van der Waals surface area contributed by atoms with E-state index in [-0.39, 0.29) is 24.1 Å². The quantitative estimate of drug-likeness (QED) is 0.854. The third kappa shape index (κ3) is 3.21. The maximum atomic E-state index is 12.2. The van der Waals surface area contributed by atoms with Gasteiger partial charge in [-0.05, 0) is 38.9 Å². The average molecular weight is 271 g/mol. The third-order valence-electron chi connectivity index (χ3n) is 3.22. The lowest BCUT2D eigenvalue weighted by Crippen LogP contribution is -2.31. The first-order chi connectivity index (χ1) is 8.22. The number of nitrogens with one attached hydrogen (secondary N) is 1. The van der Waals surface area contributed by atoms with Gasteiger partial charge >= 0.3 is 0 Å². The summed E-state index contributed by atoms with van der Waals surface area (Å²) >= 11 is 0. The summed E-state index contributed by atoms with van der Waals surface area (Å²) < 4.78 is 5.09. The van der Waals surface area contributed by atoms with Gasteiger partial charge in [0.1, 0.15) is 0 Å². The van der Waals surface area contributed by atoms with Crippen LogP contribution in [0, 0.1) is 12.8 Å². The van der Waals surface area contributed by atoms with E-state index >= 15 is 0 Å². The summed E-state index contributed by atoms with van der Waals surface area (Å²) in [4.78, 5) is 16.4. The highest BCUT2D eigenvalue weighted by Gasteiger charge is 2.22. The van der Waals surface area contributed by atoms with E-state index in [0.29, 0.717) is 11.4 Å². The Morgan fingerprint density at radius 3 is 2.67 bits per heavy atom. The van der Waals surface area contributed by atoms with Crippen molar-refractivity contribution in [2.24, 2.45) is 5.92 Å². The first-order valence-electron chi connectivity index (χ1n) is 5.98. The molecular formula is C13H19ClN2O2. The highest BCUT2D eigenvalue weighted by Crippen LogP contribution is 2.21. The topological polar surface area (TPSA) is 51.2 Å². The van der Waals surface area contributed by atoms with Crippen molar-refractivity contribution in [2.45, 2.75) is 19.8 Å². The van der Waals surface area contributed by atoms with Crippen LogP contribution in [0.25, 0.3) is 0 Å². The smallest absolute Gasteiger partial charge is 0.215 e. The fourth-order valence-electron chi connectivity index (χ4n) is 2.23. The Labute approximate surface area is 114 Å². The van der Waals surface area contributed by atoms with E-state index in [9.17, 15) is 4.79 Å². The Hall–Kier alpha value is -1.13. The number of ether oxygens (including phenoxy) is 1. The van der Waals surface area contributed by atoms with Gasteiger partial charge in [0.2, 0.25) is 5.88 Å². The van der Waals surface area contributed by atoms with Crippen molar-refractivity contribution in [2.75, 3.05) is 20.2 Å². The molecule has 18 heavy (non-hydrogen) atoms. The number of methoxy groups -OCH3 is 1. The van der Waals surface area contributed by atoms with Crippen LogP contribution in [0.2, 0.25) is 0 Å². The summed E-state index contributed by atoms with van der Waals surface area (Å²) in [5.74, 6) is 0.947. The molecule has 0 atom stereocenters. The Kier molecular flexibility index (Phi) is 5.56. The van der Waals surface area contributed by atoms with Gasteiger partial charge < -0.3 is 10.1 Å². The molecule has 0 spiro atoms. The second-order valence-corrected chi connectivity index (χ2v) is 4.44. The van der Waals surface area contributed by atoms with Gasteiger partial charge in [-0.15, -0.1) is 12.4 Å². The Bertz CT molecular complexity index is 417. The molecule has 1 N–H and O–H groups in total. The number of halogens is 1. The van der Waals surface area contributed by atoms with Crippen molar-refractivity contribution in [1.29, 1.82) is 0 Å². The minimum atomic E-state index is 0. The maximum Gasteiger partial charge on any atom is 0.215 e. The summed E-state index contributed by atoms with van der Waals surface area (Å²) in [5.41, 5.74) is 1.61. The van der Waals surface area contributed by atoms with Crippen LogP contribution in [0.1, 0.15) is 28.8 Å². The zero-order chi connectivity index (χ0) is 12.3. The number of aromatic nitrogens is 1. The summed E-state index contributed by atoms with van der Waals surface area (Å²) in [6.45, 7) is 3.77. The molecule has 1 aliphatic heterocycles. The maximum absolute atomic E-state index is 12.2. The van der Waals surface area contributed by atoms with Crippen molar-refractivity contribution in [3.05, 3.63) is 23.4 Å². The average Bonchev–Trinajstić information content (AvgIpc) is 2.39. The first kappa shape index (κ1) is 14.9. The molecular weight excluding hydrogens is 252 g/mol. The van der Waals surface area contributed by atoms with Crippen LogP contribution in [0.5, 0.6) is 5.88 Å². The molecule has 1 fully saturated rings. The molecule has 0 radical (unpaired) electrons. The van der Waals surface area contributed by atoms with Crippen molar-refractivity contribution >= 4 is 18.2 Å². The minimum absolute atomic E-state index is 0. The molecule has 100 valence electrons. The number of carbonyl (C=O) groups excluding carboxylic acids is 1. The van der Waals surface area contributed by atoms with E-state index in [4.69, 9.17) is 4.74 Å². The number of Topliss-reactive ketones (excluding diaryl/α,β-unsaturated/α-hetero) is 1. The zero-order valence-corrected chi connectivity index (χ0v) is 11.5.